The molecule has 27 heavy (non-hydrogen) atoms. The molecule has 1 saturated heterocycles. The minimum atomic E-state index is -0.265. The van der Waals surface area contributed by atoms with Gasteiger partial charge >= 0.3 is 0 Å². The lowest BCUT2D eigenvalue weighted by Gasteiger charge is -2.36. The van der Waals surface area contributed by atoms with Crippen LogP contribution in [0.2, 0.25) is 0 Å². The number of carbonyl (C=O) groups is 1. The molecule has 0 spiro atoms. The summed E-state index contributed by atoms with van der Waals surface area (Å²) in [6.45, 7) is 4.72. The van der Waals surface area contributed by atoms with Gasteiger partial charge < -0.3 is 15.0 Å². The summed E-state index contributed by atoms with van der Waals surface area (Å²) in [4.78, 5) is 14.6. The average Bonchev–Trinajstić information content (AvgIpc) is 2.67. The summed E-state index contributed by atoms with van der Waals surface area (Å²) in [5, 5.41) is 3.30. The van der Waals surface area contributed by atoms with Crippen LogP contribution in [0.15, 0.2) is 48.5 Å². The zero-order valence-electron chi connectivity index (χ0n) is 15.8. The molecule has 0 saturated carbocycles. The lowest BCUT2D eigenvalue weighted by atomic mass is 10.0. The molecule has 144 valence electrons. The molecule has 1 amide bonds. The number of amides is 1. The van der Waals surface area contributed by atoms with Crippen LogP contribution < -0.4 is 10.1 Å². The highest BCUT2D eigenvalue weighted by atomic mass is 19.1. The van der Waals surface area contributed by atoms with E-state index >= 15 is 0 Å². The molecule has 5 heteroatoms. The van der Waals surface area contributed by atoms with Gasteiger partial charge in [0.15, 0.2) is 0 Å². The molecule has 0 aromatic heterocycles. The fraction of sp³-hybridized carbons (Fsp3) is 0.409. The van der Waals surface area contributed by atoms with E-state index in [1.165, 1.54) is 17.7 Å². The SMILES string of the molecule is Cc1cccc(OCCCCC(=O)N2CCNCC2c2cccc(F)c2)c1. The summed E-state index contributed by atoms with van der Waals surface area (Å²) < 4.78 is 19.3. The quantitative estimate of drug-likeness (QED) is 0.753. The Bertz CT molecular complexity index is 765. The van der Waals surface area contributed by atoms with E-state index in [1.807, 2.05) is 42.2 Å². The van der Waals surface area contributed by atoms with E-state index in [1.54, 1.807) is 6.07 Å². The Morgan fingerprint density at radius 2 is 2.07 bits per heavy atom. The summed E-state index contributed by atoms with van der Waals surface area (Å²) >= 11 is 0. The monoisotopic (exact) mass is 370 g/mol. The number of piperazine rings is 1. The zero-order chi connectivity index (χ0) is 19.1. The van der Waals surface area contributed by atoms with Crippen molar-refractivity contribution in [2.24, 2.45) is 0 Å². The van der Waals surface area contributed by atoms with Crippen molar-refractivity contribution in [2.75, 3.05) is 26.2 Å². The van der Waals surface area contributed by atoms with Gasteiger partial charge in [-0.3, -0.25) is 4.79 Å². The molecule has 3 rings (SSSR count). The third-order valence-corrected chi connectivity index (χ3v) is 4.84. The molecule has 0 bridgehead atoms. The molecule has 1 fully saturated rings. The topological polar surface area (TPSA) is 41.6 Å². The van der Waals surface area contributed by atoms with E-state index < -0.39 is 0 Å². The number of nitrogens with one attached hydrogen (secondary N) is 1. The molecular weight excluding hydrogens is 343 g/mol. The molecule has 1 N–H and O–H groups in total. The van der Waals surface area contributed by atoms with Gasteiger partial charge in [0.2, 0.25) is 5.91 Å². The number of ether oxygens (including phenoxy) is 1. The van der Waals surface area contributed by atoms with Crippen molar-refractivity contribution in [3.05, 3.63) is 65.5 Å². The lowest BCUT2D eigenvalue weighted by Crippen LogP contribution is -2.48. The summed E-state index contributed by atoms with van der Waals surface area (Å²) in [6.07, 6.45) is 2.10. The minimum Gasteiger partial charge on any atom is -0.494 e. The van der Waals surface area contributed by atoms with E-state index in [-0.39, 0.29) is 17.8 Å². The maximum Gasteiger partial charge on any atom is 0.223 e. The molecule has 1 aliphatic heterocycles. The molecule has 1 heterocycles. The van der Waals surface area contributed by atoms with Crippen LogP contribution in [0.5, 0.6) is 5.75 Å². The van der Waals surface area contributed by atoms with Crippen molar-refractivity contribution in [3.8, 4) is 5.75 Å². The summed E-state index contributed by atoms with van der Waals surface area (Å²) in [5.41, 5.74) is 2.02. The van der Waals surface area contributed by atoms with E-state index in [4.69, 9.17) is 4.74 Å². The van der Waals surface area contributed by atoms with Gasteiger partial charge in [0.25, 0.3) is 0 Å². The Labute approximate surface area is 160 Å². The van der Waals surface area contributed by atoms with Gasteiger partial charge in [-0.1, -0.05) is 24.3 Å². The highest BCUT2D eigenvalue weighted by Crippen LogP contribution is 2.24. The van der Waals surface area contributed by atoms with Crippen molar-refractivity contribution >= 4 is 5.91 Å². The van der Waals surface area contributed by atoms with Gasteiger partial charge in [-0.25, -0.2) is 4.39 Å². The van der Waals surface area contributed by atoms with Crippen LogP contribution in [-0.4, -0.2) is 37.0 Å². The first-order valence-corrected chi connectivity index (χ1v) is 9.58. The number of unbranched alkanes of at least 4 members (excludes halogenated alkanes) is 1. The first-order chi connectivity index (χ1) is 13.1. The van der Waals surface area contributed by atoms with Crippen molar-refractivity contribution < 1.29 is 13.9 Å². The lowest BCUT2D eigenvalue weighted by molar-refractivity contribution is -0.134. The van der Waals surface area contributed by atoms with E-state index in [0.29, 0.717) is 26.1 Å². The second-order valence-corrected chi connectivity index (χ2v) is 6.98. The van der Waals surface area contributed by atoms with Crippen LogP contribution in [0.4, 0.5) is 4.39 Å². The molecule has 2 aromatic carbocycles. The van der Waals surface area contributed by atoms with Gasteiger partial charge in [0, 0.05) is 26.1 Å². The molecule has 1 unspecified atom stereocenters. The molecular formula is C22H27FN2O2. The normalized spacial score (nSPS) is 17.0. The number of hydrogen-bond donors (Lipinski definition) is 1. The van der Waals surface area contributed by atoms with Gasteiger partial charge in [0.1, 0.15) is 11.6 Å². The first-order valence-electron chi connectivity index (χ1n) is 9.58. The molecule has 0 radical (unpaired) electrons. The van der Waals surface area contributed by atoms with E-state index in [9.17, 15) is 9.18 Å². The number of nitrogens with zero attached hydrogens (tertiary/aromatic N) is 1. The van der Waals surface area contributed by atoms with Crippen LogP contribution in [0.3, 0.4) is 0 Å². The van der Waals surface area contributed by atoms with Crippen LogP contribution >= 0.6 is 0 Å². The van der Waals surface area contributed by atoms with Crippen molar-refractivity contribution in [1.82, 2.24) is 10.2 Å². The largest absolute Gasteiger partial charge is 0.494 e. The number of rotatable bonds is 7. The highest BCUT2D eigenvalue weighted by Gasteiger charge is 2.27. The maximum atomic E-state index is 13.6. The number of hydrogen-bond acceptors (Lipinski definition) is 3. The average molecular weight is 370 g/mol. The van der Waals surface area contributed by atoms with Crippen LogP contribution in [-0.2, 0) is 4.79 Å². The smallest absolute Gasteiger partial charge is 0.223 e. The van der Waals surface area contributed by atoms with E-state index in [0.717, 1.165) is 30.7 Å². The maximum absolute atomic E-state index is 13.6. The van der Waals surface area contributed by atoms with Crippen molar-refractivity contribution in [3.63, 3.8) is 0 Å². The minimum absolute atomic E-state index is 0.106. The molecule has 2 aromatic rings. The molecule has 1 atom stereocenters. The Hall–Kier alpha value is -2.40. The number of carbonyl (C=O) groups excluding carboxylic acids is 1. The Kier molecular flexibility index (Phi) is 6.82. The fourth-order valence-electron chi connectivity index (χ4n) is 3.43. The second kappa shape index (κ2) is 9.51. The van der Waals surface area contributed by atoms with Gasteiger partial charge in [-0.15, -0.1) is 0 Å². The van der Waals surface area contributed by atoms with Crippen LogP contribution in [0.25, 0.3) is 0 Å². The second-order valence-electron chi connectivity index (χ2n) is 6.98. The molecule has 4 nitrogen and oxygen atoms in total. The van der Waals surface area contributed by atoms with Crippen molar-refractivity contribution in [2.45, 2.75) is 32.2 Å². The van der Waals surface area contributed by atoms with E-state index in [2.05, 4.69) is 5.32 Å². The van der Waals surface area contributed by atoms with Crippen molar-refractivity contribution in [1.29, 1.82) is 0 Å². The van der Waals surface area contributed by atoms with Crippen LogP contribution in [0.1, 0.15) is 36.4 Å². The number of halogens is 1. The summed E-state index contributed by atoms with van der Waals surface area (Å²) in [7, 11) is 0. The standard InChI is InChI=1S/C22H27FN2O2/c1-17-6-4-9-20(14-17)27-13-3-2-10-22(26)25-12-11-24-16-21(25)18-7-5-8-19(23)15-18/h4-9,14-15,21,24H,2-3,10-13,16H2,1H3. The van der Waals surface area contributed by atoms with Gasteiger partial charge in [0.05, 0.1) is 12.6 Å². The number of benzene rings is 2. The van der Waals surface area contributed by atoms with Gasteiger partial charge in [-0.05, 0) is 55.2 Å². The Morgan fingerprint density at radius 1 is 1.22 bits per heavy atom. The summed E-state index contributed by atoms with van der Waals surface area (Å²) in [6, 6.07) is 14.4. The Balaban J connectivity index is 1.47. The predicted octanol–water partition coefficient (Wildman–Crippen LogP) is 3.86. The fourth-order valence-corrected chi connectivity index (χ4v) is 3.43. The number of aryl methyl sites for hydroxylation is 1. The Morgan fingerprint density at radius 3 is 2.89 bits per heavy atom. The predicted molar refractivity (Wildman–Crippen MR) is 104 cm³/mol. The zero-order valence-corrected chi connectivity index (χ0v) is 15.8. The summed E-state index contributed by atoms with van der Waals surface area (Å²) in [5.74, 6) is 0.731. The molecule has 0 aliphatic carbocycles. The first kappa shape index (κ1) is 19.4. The third kappa shape index (κ3) is 5.54. The molecule has 1 aliphatic rings. The highest BCUT2D eigenvalue weighted by molar-refractivity contribution is 5.77. The van der Waals surface area contributed by atoms with Crippen LogP contribution in [0, 0.1) is 12.7 Å². The van der Waals surface area contributed by atoms with Gasteiger partial charge in [-0.2, -0.15) is 0 Å². The third-order valence-electron chi connectivity index (χ3n) is 4.84.